The molecule has 2 atom stereocenters. The van der Waals surface area contributed by atoms with Crippen molar-refractivity contribution in [2.75, 3.05) is 20.8 Å². The van der Waals surface area contributed by atoms with Gasteiger partial charge in [0.1, 0.15) is 29.3 Å². The van der Waals surface area contributed by atoms with Crippen LogP contribution in [0.4, 0.5) is 0 Å². The molecule has 0 N–H and O–H groups in total. The fourth-order valence-electron chi connectivity index (χ4n) is 7.88. The largest absolute Gasteiger partial charge is 0.497 e. The van der Waals surface area contributed by atoms with Gasteiger partial charge in [0.15, 0.2) is 5.60 Å². The zero-order valence-electron chi connectivity index (χ0n) is 28.9. The number of nitrogens with zero attached hydrogens (tertiary/aromatic N) is 2. The summed E-state index contributed by atoms with van der Waals surface area (Å²) in [7, 11) is 3.41. The summed E-state index contributed by atoms with van der Waals surface area (Å²) in [6.07, 6.45) is 12.8. The second kappa shape index (κ2) is 12.7. The highest BCUT2D eigenvalue weighted by Gasteiger charge is 2.46. The molecule has 6 heteroatoms. The monoisotopic (exact) mass is 660 g/mol. The van der Waals surface area contributed by atoms with Crippen LogP contribution in [-0.2, 0) is 17.4 Å². The molecule has 5 aromatic carbocycles. The number of hydrogen-bond donors (Lipinski definition) is 0. The number of fused-ring (bicyclic) bond motifs is 8. The third-order valence-corrected chi connectivity index (χ3v) is 10.3. The van der Waals surface area contributed by atoms with Gasteiger partial charge in [-0.3, -0.25) is 0 Å². The standard InChI is InChI=1S/C44H40N2O4/c1-5-6-23-49-33-17-13-31(14-18-33)44(30-11-15-32(47-3)16-12-30)22-21-37-41-40(38-24-34(48-4)19-20-35(38)42(37)50-44)36-9-7-8-10-39(36)43(41,2)25-29-26-45-28-46-27-29/h7-22,24,26-28H,5-6,23,25H2,1-4H3. The molecule has 6 aromatic rings. The Bertz CT molecular complexity index is 2210. The number of aromatic nitrogens is 2. The van der Waals surface area contributed by atoms with Gasteiger partial charge in [0.05, 0.1) is 20.8 Å². The molecule has 0 bridgehead atoms. The van der Waals surface area contributed by atoms with E-state index in [1.165, 1.54) is 22.3 Å². The molecular formula is C44H40N2O4. The molecular weight excluding hydrogens is 620 g/mol. The highest BCUT2D eigenvalue weighted by molar-refractivity contribution is 6.09. The lowest BCUT2D eigenvalue weighted by Crippen LogP contribution is -2.35. The van der Waals surface area contributed by atoms with E-state index < -0.39 is 5.60 Å². The van der Waals surface area contributed by atoms with Crippen molar-refractivity contribution in [1.82, 2.24) is 9.97 Å². The van der Waals surface area contributed by atoms with E-state index in [9.17, 15) is 0 Å². The van der Waals surface area contributed by atoms with Crippen molar-refractivity contribution in [1.29, 1.82) is 0 Å². The zero-order chi connectivity index (χ0) is 34.3. The van der Waals surface area contributed by atoms with Crippen LogP contribution in [0.2, 0.25) is 0 Å². The van der Waals surface area contributed by atoms with Crippen LogP contribution in [0.1, 0.15) is 60.1 Å². The SMILES string of the molecule is CCCCOc1ccc(C2(c3ccc(OC)cc3)C=Cc3c4c(c5cc(OC)ccc5c3O2)-c2ccccc2C4(C)Cc2cncnc2)cc1. The van der Waals surface area contributed by atoms with E-state index in [1.54, 1.807) is 20.5 Å². The maximum Gasteiger partial charge on any atom is 0.178 e. The molecule has 2 unspecified atom stereocenters. The molecule has 0 saturated carbocycles. The van der Waals surface area contributed by atoms with Crippen molar-refractivity contribution in [3.8, 4) is 34.1 Å². The minimum Gasteiger partial charge on any atom is -0.497 e. The van der Waals surface area contributed by atoms with Gasteiger partial charge in [-0.1, -0.05) is 74.9 Å². The number of rotatable bonds is 10. The normalized spacial score (nSPS) is 18.6. The Morgan fingerprint density at radius 2 is 1.44 bits per heavy atom. The topological polar surface area (TPSA) is 62.7 Å². The van der Waals surface area contributed by atoms with Gasteiger partial charge in [0.25, 0.3) is 0 Å². The summed E-state index contributed by atoms with van der Waals surface area (Å²) < 4.78 is 24.9. The van der Waals surface area contributed by atoms with E-state index in [2.05, 4.69) is 96.6 Å². The van der Waals surface area contributed by atoms with Gasteiger partial charge in [-0.05, 0) is 94.6 Å². The van der Waals surface area contributed by atoms with Gasteiger partial charge in [0.2, 0.25) is 0 Å². The van der Waals surface area contributed by atoms with Crippen molar-refractivity contribution < 1.29 is 18.9 Å². The van der Waals surface area contributed by atoms with Crippen LogP contribution < -0.4 is 18.9 Å². The molecule has 1 aromatic heterocycles. The lowest BCUT2D eigenvalue weighted by atomic mass is 9.72. The molecule has 0 radical (unpaired) electrons. The second-order valence-corrected chi connectivity index (χ2v) is 13.3. The van der Waals surface area contributed by atoms with Crippen LogP contribution in [0.3, 0.4) is 0 Å². The van der Waals surface area contributed by atoms with Gasteiger partial charge < -0.3 is 18.9 Å². The lowest BCUT2D eigenvalue weighted by molar-refractivity contribution is 0.163. The molecule has 2 aliphatic rings. The molecule has 0 saturated heterocycles. The number of benzene rings is 5. The summed E-state index contributed by atoms with van der Waals surface area (Å²) >= 11 is 0. The molecule has 0 amide bonds. The van der Waals surface area contributed by atoms with Gasteiger partial charge in [0, 0.05) is 39.9 Å². The number of ether oxygens (including phenoxy) is 4. The van der Waals surface area contributed by atoms with E-state index in [-0.39, 0.29) is 5.41 Å². The van der Waals surface area contributed by atoms with Crippen LogP contribution in [0.5, 0.6) is 23.0 Å². The summed E-state index contributed by atoms with van der Waals surface area (Å²) in [4.78, 5) is 8.74. The molecule has 1 aliphatic heterocycles. The molecule has 6 nitrogen and oxygen atoms in total. The van der Waals surface area contributed by atoms with E-state index in [0.29, 0.717) is 6.61 Å². The maximum atomic E-state index is 7.52. The van der Waals surface area contributed by atoms with Crippen molar-refractivity contribution in [3.63, 3.8) is 0 Å². The number of hydrogen-bond acceptors (Lipinski definition) is 6. The van der Waals surface area contributed by atoms with Gasteiger partial charge in [-0.15, -0.1) is 0 Å². The molecule has 0 spiro atoms. The van der Waals surface area contributed by atoms with Crippen molar-refractivity contribution in [2.45, 2.75) is 44.1 Å². The summed E-state index contributed by atoms with van der Waals surface area (Å²) in [6, 6.07) is 31.6. The number of methoxy groups -OCH3 is 2. The smallest absolute Gasteiger partial charge is 0.178 e. The first-order valence-corrected chi connectivity index (χ1v) is 17.3. The Kier molecular flexibility index (Phi) is 8.02. The van der Waals surface area contributed by atoms with Gasteiger partial charge in [-0.25, -0.2) is 9.97 Å². The third-order valence-electron chi connectivity index (χ3n) is 10.3. The molecule has 50 heavy (non-hydrogen) atoms. The van der Waals surface area contributed by atoms with E-state index in [1.807, 2.05) is 42.7 Å². The van der Waals surface area contributed by atoms with E-state index in [4.69, 9.17) is 18.9 Å². The van der Waals surface area contributed by atoms with Crippen LogP contribution in [0.15, 0.2) is 116 Å². The minimum absolute atomic E-state index is 0.386. The fraction of sp³-hybridized carbons (Fsp3) is 0.227. The average molecular weight is 661 g/mol. The predicted molar refractivity (Wildman–Crippen MR) is 198 cm³/mol. The molecule has 1 aliphatic carbocycles. The molecule has 2 heterocycles. The first-order valence-electron chi connectivity index (χ1n) is 17.3. The zero-order valence-corrected chi connectivity index (χ0v) is 28.9. The summed E-state index contributed by atoms with van der Waals surface area (Å²) in [6.45, 7) is 5.20. The van der Waals surface area contributed by atoms with E-state index in [0.717, 1.165) is 75.3 Å². The van der Waals surface area contributed by atoms with Crippen molar-refractivity contribution in [3.05, 3.63) is 149 Å². The van der Waals surface area contributed by atoms with Crippen molar-refractivity contribution in [2.24, 2.45) is 0 Å². The molecule has 0 fully saturated rings. The highest BCUT2D eigenvalue weighted by Crippen LogP contribution is 2.59. The van der Waals surface area contributed by atoms with Crippen molar-refractivity contribution >= 4 is 16.8 Å². The highest BCUT2D eigenvalue weighted by atomic mass is 16.5. The molecule has 8 rings (SSSR count). The Hall–Kier alpha value is -5.62. The van der Waals surface area contributed by atoms with Gasteiger partial charge in [-0.2, -0.15) is 0 Å². The predicted octanol–water partition coefficient (Wildman–Crippen LogP) is 9.70. The third kappa shape index (κ3) is 5.09. The maximum absolute atomic E-state index is 7.52. The quantitative estimate of drug-likeness (QED) is 0.136. The Morgan fingerprint density at radius 3 is 2.14 bits per heavy atom. The fourth-order valence-corrected chi connectivity index (χ4v) is 7.88. The second-order valence-electron chi connectivity index (χ2n) is 13.3. The summed E-state index contributed by atoms with van der Waals surface area (Å²) in [5.74, 6) is 3.28. The van der Waals surface area contributed by atoms with Crippen LogP contribution in [0.25, 0.3) is 28.0 Å². The Balaban J connectivity index is 1.38. The first-order chi connectivity index (χ1) is 24.5. The van der Waals surface area contributed by atoms with Gasteiger partial charge >= 0.3 is 0 Å². The molecule has 250 valence electrons. The average Bonchev–Trinajstić information content (AvgIpc) is 3.43. The number of unbranched alkanes of at least 4 members (excludes halogenated alkanes) is 1. The minimum atomic E-state index is -0.919. The Morgan fingerprint density at radius 1 is 0.760 bits per heavy atom. The summed E-state index contributed by atoms with van der Waals surface area (Å²) in [5, 5.41) is 2.13. The van der Waals surface area contributed by atoms with Crippen LogP contribution in [-0.4, -0.2) is 30.8 Å². The first kappa shape index (κ1) is 31.6. The van der Waals surface area contributed by atoms with E-state index >= 15 is 0 Å². The lowest BCUT2D eigenvalue weighted by Gasteiger charge is -2.39. The van der Waals surface area contributed by atoms with Crippen LogP contribution in [0, 0.1) is 0 Å². The Labute approximate surface area is 293 Å². The summed E-state index contributed by atoms with van der Waals surface area (Å²) in [5.41, 5.74) is 7.79. The van der Waals surface area contributed by atoms with Crippen LogP contribution >= 0.6 is 0 Å².